The van der Waals surface area contributed by atoms with Gasteiger partial charge >= 0.3 is 0 Å². The van der Waals surface area contributed by atoms with E-state index in [4.69, 9.17) is 0 Å². The number of rotatable bonds is 6. The second-order valence-electron chi connectivity index (χ2n) is 6.11. The molecule has 3 rings (SSSR count). The van der Waals surface area contributed by atoms with Gasteiger partial charge in [0.25, 0.3) is 5.91 Å². The Labute approximate surface area is 157 Å². The maximum Gasteiger partial charge on any atom is 0.251 e. The number of carbonyl (C=O) groups is 2. The quantitative estimate of drug-likeness (QED) is 0.726. The van der Waals surface area contributed by atoms with E-state index in [1.165, 1.54) is 28.6 Å². The van der Waals surface area contributed by atoms with Crippen molar-refractivity contribution in [1.82, 2.24) is 19.5 Å². The van der Waals surface area contributed by atoms with E-state index < -0.39 is 10.0 Å². The highest BCUT2D eigenvalue weighted by molar-refractivity contribution is 7.89. The Hall–Kier alpha value is -2.78. The van der Waals surface area contributed by atoms with Crippen LogP contribution < -0.4 is 5.32 Å². The summed E-state index contributed by atoms with van der Waals surface area (Å²) < 4.78 is 26.7. The average molecular weight is 388 g/mol. The third kappa shape index (κ3) is 4.50. The van der Waals surface area contributed by atoms with Crippen molar-refractivity contribution in [3.05, 3.63) is 59.9 Å². The molecule has 0 bridgehead atoms. The topological polar surface area (TPSA) is 99.7 Å². The molecule has 0 atom stereocenters. The molecule has 1 aliphatic rings. The average Bonchev–Trinajstić information content (AvgIpc) is 2.73. The van der Waals surface area contributed by atoms with Crippen LogP contribution in [-0.4, -0.2) is 61.1 Å². The van der Waals surface area contributed by atoms with Crippen molar-refractivity contribution in [1.29, 1.82) is 0 Å². The molecular weight excluding hydrogens is 368 g/mol. The van der Waals surface area contributed by atoms with Gasteiger partial charge in [-0.2, -0.15) is 4.31 Å². The molecular formula is C18H20N4O4S. The summed E-state index contributed by atoms with van der Waals surface area (Å²) in [5.41, 5.74) is 1.31. The van der Waals surface area contributed by atoms with Gasteiger partial charge in [-0.1, -0.05) is 0 Å². The van der Waals surface area contributed by atoms with Gasteiger partial charge < -0.3 is 10.2 Å². The zero-order valence-electron chi connectivity index (χ0n) is 14.6. The lowest BCUT2D eigenvalue weighted by Gasteiger charge is -2.31. The summed E-state index contributed by atoms with van der Waals surface area (Å²) in [7, 11) is -3.64. The first kappa shape index (κ1) is 19.0. The second-order valence-corrected chi connectivity index (χ2v) is 8.05. The van der Waals surface area contributed by atoms with Crippen LogP contribution in [0.25, 0.3) is 0 Å². The summed E-state index contributed by atoms with van der Waals surface area (Å²) in [6.45, 7) is 1.63. The minimum atomic E-state index is -3.64. The molecule has 1 fully saturated rings. The number of hydrogen-bond acceptors (Lipinski definition) is 5. The number of sulfonamides is 1. The van der Waals surface area contributed by atoms with Crippen LogP contribution in [0, 0.1) is 0 Å². The molecule has 2 heterocycles. The smallest absolute Gasteiger partial charge is 0.251 e. The van der Waals surface area contributed by atoms with E-state index in [2.05, 4.69) is 10.3 Å². The molecule has 1 N–H and O–H groups in total. The molecule has 1 aromatic carbocycles. The van der Waals surface area contributed by atoms with Crippen LogP contribution in [0.5, 0.6) is 0 Å². The van der Waals surface area contributed by atoms with Crippen LogP contribution in [0.3, 0.4) is 0 Å². The normalized spacial score (nSPS) is 15.3. The molecule has 1 aliphatic heterocycles. The standard InChI is InChI=1S/C18H20N4O4S/c23-14-21-9-11-22(12-10-21)27(25,26)17-3-1-16(2-4-17)18(24)20-13-15-5-7-19-8-6-15/h1-8,14H,9-13H2,(H,20,24). The van der Waals surface area contributed by atoms with Crippen molar-refractivity contribution in [3.8, 4) is 0 Å². The number of benzene rings is 1. The Morgan fingerprint density at radius 2 is 1.67 bits per heavy atom. The van der Waals surface area contributed by atoms with Gasteiger partial charge in [-0.15, -0.1) is 0 Å². The Balaban J connectivity index is 1.64. The summed E-state index contributed by atoms with van der Waals surface area (Å²) in [5, 5.41) is 2.78. The summed E-state index contributed by atoms with van der Waals surface area (Å²) >= 11 is 0. The van der Waals surface area contributed by atoms with Crippen LogP contribution in [0.4, 0.5) is 0 Å². The first-order chi connectivity index (χ1) is 13.0. The monoisotopic (exact) mass is 388 g/mol. The molecule has 2 aromatic rings. The number of amides is 2. The molecule has 2 amide bonds. The highest BCUT2D eigenvalue weighted by Crippen LogP contribution is 2.18. The van der Waals surface area contributed by atoms with Gasteiger partial charge in [0.05, 0.1) is 4.90 Å². The van der Waals surface area contributed by atoms with Crippen molar-refractivity contribution in [3.63, 3.8) is 0 Å². The fraction of sp³-hybridized carbons (Fsp3) is 0.278. The predicted octanol–water partition coefficient (Wildman–Crippen LogP) is 0.474. The molecule has 0 saturated carbocycles. The van der Waals surface area contributed by atoms with Crippen LogP contribution in [0.2, 0.25) is 0 Å². The molecule has 142 valence electrons. The number of carbonyl (C=O) groups excluding carboxylic acids is 2. The molecule has 0 unspecified atom stereocenters. The van der Waals surface area contributed by atoms with Gasteiger partial charge in [0, 0.05) is 50.7 Å². The van der Waals surface area contributed by atoms with E-state index in [9.17, 15) is 18.0 Å². The Morgan fingerprint density at radius 3 is 2.26 bits per heavy atom. The first-order valence-electron chi connectivity index (χ1n) is 8.47. The SMILES string of the molecule is O=CN1CCN(S(=O)(=O)c2ccc(C(=O)NCc3ccncc3)cc2)CC1. The molecule has 0 radical (unpaired) electrons. The minimum Gasteiger partial charge on any atom is -0.348 e. The minimum absolute atomic E-state index is 0.132. The molecule has 1 saturated heterocycles. The largest absolute Gasteiger partial charge is 0.348 e. The number of nitrogens with zero attached hydrogens (tertiary/aromatic N) is 3. The highest BCUT2D eigenvalue weighted by Gasteiger charge is 2.28. The summed E-state index contributed by atoms with van der Waals surface area (Å²) in [6.07, 6.45) is 4.02. The fourth-order valence-electron chi connectivity index (χ4n) is 2.76. The molecule has 27 heavy (non-hydrogen) atoms. The van der Waals surface area contributed by atoms with Crippen molar-refractivity contribution in [2.24, 2.45) is 0 Å². The summed E-state index contributed by atoms with van der Waals surface area (Å²) in [6, 6.07) is 9.47. The lowest BCUT2D eigenvalue weighted by atomic mass is 10.2. The Kier molecular flexibility index (Phi) is 5.82. The molecule has 0 spiro atoms. The fourth-order valence-corrected chi connectivity index (χ4v) is 4.18. The van der Waals surface area contributed by atoms with Gasteiger partial charge in [0.15, 0.2) is 0 Å². The van der Waals surface area contributed by atoms with Crippen LogP contribution in [0.15, 0.2) is 53.7 Å². The highest BCUT2D eigenvalue weighted by atomic mass is 32.2. The maximum atomic E-state index is 12.7. The molecule has 8 nitrogen and oxygen atoms in total. The van der Waals surface area contributed by atoms with E-state index in [0.717, 1.165) is 12.0 Å². The maximum absolute atomic E-state index is 12.7. The number of aromatic nitrogens is 1. The number of nitrogens with one attached hydrogen (secondary N) is 1. The van der Waals surface area contributed by atoms with Gasteiger partial charge in [0.1, 0.15) is 0 Å². The zero-order chi connectivity index (χ0) is 19.3. The lowest BCUT2D eigenvalue weighted by Crippen LogP contribution is -2.47. The van der Waals surface area contributed by atoms with E-state index in [-0.39, 0.29) is 23.9 Å². The van der Waals surface area contributed by atoms with Crippen molar-refractivity contribution in [2.45, 2.75) is 11.4 Å². The number of piperazine rings is 1. The Morgan fingerprint density at radius 1 is 1.04 bits per heavy atom. The van der Waals surface area contributed by atoms with Crippen molar-refractivity contribution in [2.75, 3.05) is 26.2 Å². The summed E-state index contributed by atoms with van der Waals surface area (Å²) in [4.78, 5) is 28.6. The van der Waals surface area contributed by atoms with Crippen molar-refractivity contribution < 1.29 is 18.0 Å². The predicted molar refractivity (Wildman–Crippen MR) is 98.2 cm³/mol. The van der Waals surface area contributed by atoms with Crippen LogP contribution in [0.1, 0.15) is 15.9 Å². The van der Waals surface area contributed by atoms with Crippen LogP contribution in [-0.2, 0) is 21.4 Å². The molecule has 9 heteroatoms. The van der Waals surface area contributed by atoms with E-state index in [1.807, 2.05) is 0 Å². The van der Waals surface area contributed by atoms with E-state index in [0.29, 0.717) is 25.2 Å². The van der Waals surface area contributed by atoms with E-state index >= 15 is 0 Å². The zero-order valence-corrected chi connectivity index (χ0v) is 15.4. The van der Waals surface area contributed by atoms with Gasteiger partial charge in [-0.3, -0.25) is 14.6 Å². The van der Waals surface area contributed by atoms with E-state index in [1.54, 1.807) is 29.4 Å². The number of pyridine rings is 1. The number of hydrogen-bond donors (Lipinski definition) is 1. The first-order valence-corrected chi connectivity index (χ1v) is 9.91. The van der Waals surface area contributed by atoms with Crippen molar-refractivity contribution >= 4 is 22.3 Å². The third-order valence-electron chi connectivity index (χ3n) is 4.38. The second kappa shape index (κ2) is 8.28. The van der Waals surface area contributed by atoms with Gasteiger partial charge in [-0.25, -0.2) is 8.42 Å². The third-order valence-corrected chi connectivity index (χ3v) is 6.29. The summed E-state index contributed by atoms with van der Waals surface area (Å²) in [5.74, 6) is -0.282. The molecule has 0 aliphatic carbocycles. The van der Waals surface area contributed by atoms with Gasteiger partial charge in [0.2, 0.25) is 16.4 Å². The Bertz CT molecular complexity index is 893. The lowest BCUT2D eigenvalue weighted by molar-refractivity contribution is -0.119. The molecule has 1 aromatic heterocycles. The van der Waals surface area contributed by atoms with Gasteiger partial charge in [-0.05, 0) is 42.0 Å². The van der Waals surface area contributed by atoms with Crippen LogP contribution >= 0.6 is 0 Å².